The molecule has 2 rings (SSSR count). The number of amides is 2. The Labute approximate surface area is 117 Å². The molecule has 6 heteroatoms. The van der Waals surface area contributed by atoms with Crippen LogP contribution in [0.25, 0.3) is 0 Å². The number of carbonyl (C=O) groups is 2. The minimum absolute atomic E-state index is 0.156. The van der Waals surface area contributed by atoms with Crippen molar-refractivity contribution in [1.82, 2.24) is 5.32 Å². The van der Waals surface area contributed by atoms with Crippen molar-refractivity contribution in [2.75, 3.05) is 20.3 Å². The van der Waals surface area contributed by atoms with Gasteiger partial charge < -0.3 is 20.5 Å². The summed E-state index contributed by atoms with van der Waals surface area (Å²) in [6.45, 7) is 0.588. The molecule has 0 spiro atoms. The van der Waals surface area contributed by atoms with E-state index in [4.69, 9.17) is 15.2 Å². The summed E-state index contributed by atoms with van der Waals surface area (Å²) in [5.74, 6) is -0.309. The van der Waals surface area contributed by atoms with E-state index in [0.717, 1.165) is 11.3 Å². The summed E-state index contributed by atoms with van der Waals surface area (Å²) in [6, 6.07) is 6.92. The second-order valence-corrected chi connectivity index (χ2v) is 4.75. The van der Waals surface area contributed by atoms with Gasteiger partial charge in [0.05, 0.1) is 38.7 Å². The summed E-state index contributed by atoms with van der Waals surface area (Å²) in [6.07, 6.45) is 0.242. The third-order valence-corrected chi connectivity index (χ3v) is 3.32. The predicted molar refractivity (Wildman–Crippen MR) is 72.1 cm³/mol. The van der Waals surface area contributed by atoms with E-state index in [1.165, 1.54) is 0 Å². The highest BCUT2D eigenvalue weighted by Gasteiger charge is 2.33. The van der Waals surface area contributed by atoms with Crippen LogP contribution >= 0.6 is 0 Å². The van der Waals surface area contributed by atoms with E-state index >= 15 is 0 Å². The summed E-state index contributed by atoms with van der Waals surface area (Å²) in [4.78, 5) is 23.1. The first-order valence-electron chi connectivity index (χ1n) is 6.39. The minimum Gasteiger partial charge on any atom is -0.497 e. The van der Waals surface area contributed by atoms with Crippen LogP contribution in [0.1, 0.15) is 5.56 Å². The Hall–Kier alpha value is -2.08. The van der Waals surface area contributed by atoms with Crippen molar-refractivity contribution >= 4 is 11.8 Å². The molecule has 1 aromatic rings. The fourth-order valence-electron chi connectivity index (χ4n) is 2.16. The molecule has 2 amide bonds. The van der Waals surface area contributed by atoms with Gasteiger partial charge in [0, 0.05) is 0 Å². The number of ether oxygens (including phenoxy) is 2. The maximum absolute atomic E-state index is 11.9. The zero-order chi connectivity index (χ0) is 14.5. The van der Waals surface area contributed by atoms with Gasteiger partial charge in [0.2, 0.25) is 11.8 Å². The first-order valence-corrected chi connectivity index (χ1v) is 6.39. The third-order valence-electron chi connectivity index (χ3n) is 3.32. The highest BCUT2D eigenvalue weighted by Crippen LogP contribution is 2.14. The van der Waals surface area contributed by atoms with Crippen LogP contribution in [0.15, 0.2) is 24.3 Å². The van der Waals surface area contributed by atoms with Crippen molar-refractivity contribution in [2.45, 2.75) is 12.5 Å². The van der Waals surface area contributed by atoms with E-state index in [-0.39, 0.29) is 25.0 Å². The van der Waals surface area contributed by atoms with Crippen molar-refractivity contribution in [1.29, 1.82) is 0 Å². The van der Waals surface area contributed by atoms with Crippen molar-refractivity contribution in [3.8, 4) is 5.75 Å². The molecular weight excluding hydrogens is 260 g/mol. The Balaban J connectivity index is 1.90. The van der Waals surface area contributed by atoms with E-state index in [1.807, 2.05) is 12.1 Å². The lowest BCUT2D eigenvalue weighted by Crippen LogP contribution is -2.45. The quantitative estimate of drug-likeness (QED) is 0.784. The summed E-state index contributed by atoms with van der Waals surface area (Å²) in [7, 11) is 1.59. The molecule has 0 radical (unpaired) electrons. The second kappa shape index (κ2) is 6.38. The zero-order valence-electron chi connectivity index (χ0n) is 11.3. The molecular formula is C14H18N2O4. The Kier molecular flexibility index (Phi) is 4.57. The molecule has 1 aromatic carbocycles. The summed E-state index contributed by atoms with van der Waals surface area (Å²) in [5, 5.41) is 2.79. The van der Waals surface area contributed by atoms with Crippen molar-refractivity contribution < 1.29 is 19.1 Å². The molecule has 6 nitrogen and oxygen atoms in total. The number of methoxy groups -OCH3 is 1. The van der Waals surface area contributed by atoms with Crippen molar-refractivity contribution in [3.05, 3.63) is 29.8 Å². The van der Waals surface area contributed by atoms with E-state index in [0.29, 0.717) is 6.61 Å². The molecule has 2 atom stereocenters. The standard InChI is InChI=1S/C14H18N2O4/c1-19-10-4-2-9(3-5-10)6-13(17)16-12-8-20-7-11(12)14(15)18/h2-5,11-12H,6-8H2,1H3,(H2,15,18)(H,16,17)/t11-,12+/m0/s1. The van der Waals surface area contributed by atoms with E-state index in [1.54, 1.807) is 19.2 Å². The van der Waals surface area contributed by atoms with Gasteiger partial charge in [0.25, 0.3) is 0 Å². The maximum Gasteiger partial charge on any atom is 0.225 e. The molecule has 0 saturated carbocycles. The molecule has 20 heavy (non-hydrogen) atoms. The van der Waals surface area contributed by atoms with E-state index in [2.05, 4.69) is 5.32 Å². The second-order valence-electron chi connectivity index (χ2n) is 4.75. The summed E-state index contributed by atoms with van der Waals surface area (Å²) >= 11 is 0. The molecule has 1 heterocycles. The van der Waals surface area contributed by atoms with Gasteiger partial charge in [-0.2, -0.15) is 0 Å². The monoisotopic (exact) mass is 278 g/mol. The molecule has 3 N–H and O–H groups in total. The van der Waals surface area contributed by atoms with Crippen LogP contribution in [0.5, 0.6) is 5.75 Å². The number of primary amides is 1. The number of benzene rings is 1. The lowest BCUT2D eigenvalue weighted by molar-refractivity contribution is -0.123. The normalized spacial score (nSPS) is 21.4. The SMILES string of the molecule is COc1ccc(CC(=O)N[C@@H]2COC[C@@H]2C(N)=O)cc1. The number of hydrogen-bond acceptors (Lipinski definition) is 4. The van der Waals surface area contributed by atoms with Crippen molar-refractivity contribution in [2.24, 2.45) is 11.7 Å². The molecule has 1 aliphatic heterocycles. The van der Waals surface area contributed by atoms with E-state index < -0.39 is 11.8 Å². The highest BCUT2D eigenvalue weighted by atomic mass is 16.5. The molecule has 0 unspecified atom stereocenters. The van der Waals surface area contributed by atoms with Gasteiger partial charge in [-0.3, -0.25) is 9.59 Å². The number of nitrogens with one attached hydrogen (secondary N) is 1. The maximum atomic E-state index is 11.9. The highest BCUT2D eigenvalue weighted by molar-refractivity contribution is 5.82. The number of hydrogen-bond donors (Lipinski definition) is 2. The van der Waals surface area contributed by atoms with Gasteiger partial charge in [-0.15, -0.1) is 0 Å². The van der Waals surface area contributed by atoms with Gasteiger partial charge in [-0.25, -0.2) is 0 Å². The molecule has 1 aliphatic rings. The Morgan fingerprint density at radius 1 is 1.35 bits per heavy atom. The fraction of sp³-hybridized carbons (Fsp3) is 0.429. The number of rotatable bonds is 5. The lowest BCUT2D eigenvalue weighted by Gasteiger charge is -2.16. The smallest absolute Gasteiger partial charge is 0.225 e. The first kappa shape index (κ1) is 14.3. The van der Waals surface area contributed by atoms with Crippen LogP contribution in [0.2, 0.25) is 0 Å². The average molecular weight is 278 g/mol. The summed E-state index contributed by atoms with van der Waals surface area (Å²) in [5.41, 5.74) is 6.14. The Morgan fingerprint density at radius 2 is 2.05 bits per heavy atom. The van der Waals surface area contributed by atoms with Crippen LogP contribution in [-0.2, 0) is 20.7 Å². The predicted octanol–water partition coefficient (Wildman–Crippen LogP) is -0.146. The van der Waals surface area contributed by atoms with Crippen LogP contribution < -0.4 is 15.8 Å². The van der Waals surface area contributed by atoms with E-state index in [9.17, 15) is 9.59 Å². The number of carbonyl (C=O) groups excluding carboxylic acids is 2. The molecule has 108 valence electrons. The molecule has 1 saturated heterocycles. The lowest BCUT2D eigenvalue weighted by atomic mass is 10.0. The van der Waals surface area contributed by atoms with Gasteiger partial charge in [-0.05, 0) is 17.7 Å². The fourth-order valence-corrected chi connectivity index (χ4v) is 2.16. The Morgan fingerprint density at radius 3 is 2.65 bits per heavy atom. The van der Waals surface area contributed by atoms with Crippen LogP contribution in [0, 0.1) is 5.92 Å². The van der Waals surface area contributed by atoms with Gasteiger partial charge in [-0.1, -0.05) is 12.1 Å². The van der Waals surface area contributed by atoms with Gasteiger partial charge in [0.1, 0.15) is 5.75 Å². The largest absolute Gasteiger partial charge is 0.497 e. The topological polar surface area (TPSA) is 90.7 Å². The van der Waals surface area contributed by atoms with Crippen molar-refractivity contribution in [3.63, 3.8) is 0 Å². The summed E-state index contributed by atoms with van der Waals surface area (Å²) < 4.78 is 10.2. The molecule has 0 aliphatic carbocycles. The number of nitrogens with two attached hydrogens (primary N) is 1. The zero-order valence-corrected chi connectivity index (χ0v) is 11.3. The Bertz CT molecular complexity index is 486. The average Bonchev–Trinajstić information content (AvgIpc) is 2.87. The van der Waals surface area contributed by atoms with Crippen LogP contribution in [0.3, 0.4) is 0 Å². The third kappa shape index (κ3) is 3.48. The molecule has 0 bridgehead atoms. The van der Waals surface area contributed by atoms with Gasteiger partial charge in [0.15, 0.2) is 0 Å². The molecule has 1 fully saturated rings. The first-order chi connectivity index (χ1) is 9.60. The van der Waals surface area contributed by atoms with Gasteiger partial charge >= 0.3 is 0 Å². The molecule has 0 aromatic heterocycles. The minimum atomic E-state index is -0.449. The van der Waals surface area contributed by atoms with Crippen LogP contribution in [0.4, 0.5) is 0 Å². The van der Waals surface area contributed by atoms with Crippen LogP contribution in [-0.4, -0.2) is 38.2 Å².